The fourth-order valence-electron chi connectivity index (χ4n) is 3.11. The normalized spacial score (nSPS) is 15.9. The Hall–Kier alpha value is -3.00. The molecular weight excluding hydrogens is 374 g/mol. The van der Waals surface area contributed by atoms with E-state index >= 15 is 0 Å². The lowest BCUT2D eigenvalue weighted by molar-refractivity contribution is -0.139. The van der Waals surface area contributed by atoms with Crippen molar-refractivity contribution in [3.8, 4) is 5.88 Å². The summed E-state index contributed by atoms with van der Waals surface area (Å²) in [4.78, 5) is 37.8. The van der Waals surface area contributed by atoms with Crippen LogP contribution in [0, 0.1) is 0 Å². The van der Waals surface area contributed by atoms with Crippen molar-refractivity contribution in [2.75, 3.05) is 6.61 Å². The van der Waals surface area contributed by atoms with Crippen molar-refractivity contribution in [1.29, 1.82) is 0 Å². The lowest BCUT2D eigenvalue weighted by Gasteiger charge is -2.29. The van der Waals surface area contributed by atoms with Crippen LogP contribution in [0.15, 0.2) is 45.3 Å². The number of nitrogens with zero attached hydrogens (tertiary/aromatic N) is 2. The fraction of sp³-hybridized carbons (Fsp3) is 0.278. The second kappa shape index (κ2) is 6.96. The van der Waals surface area contributed by atoms with Crippen molar-refractivity contribution in [1.82, 2.24) is 9.13 Å². The van der Waals surface area contributed by atoms with Crippen LogP contribution in [0.1, 0.15) is 24.0 Å². The molecule has 0 unspecified atom stereocenters. The van der Waals surface area contributed by atoms with Crippen LogP contribution in [0.4, 0.5) is 0 Å². The monoisotopic (exact) mass is 391 g/mol. The number of nitrogens with two attached hydrogens (primary N) is 1. The highest BCUT2D eigenvalue weighted by molar-refractivity contribution is 6.30. The van der Waals surface area contributed by atoms with Crippen molar-refractivity contribution in [3.05, 3.63) is 72.7 Å². The molecule has 2 N–H and O–H groups in total. The molecule has 3 rings (SSSR count). The highest BCUT2D eigenvalue weighted by Crippen LogP contribution is 2.40. The molecule has 0 spiro atoms. The highest BCUT2D eigenvalue weighted by atomic mass is 35.5. The van der Waals surface area contributed by atoms with Crippen LogP contribution in [0.5, 0.6) is 5.88 Å². The third kappa shape index (κ3) is 3.02. The Morgan fingerprint density at radius 3 is 2.63 bits per heavy atom. The number of carbonyl (C=O) groups excluding carboxylic acids is 1. The maximum Gasteiger partial charge on any atom is 0.340 e. The van der Waals surface area contributed by atoms with Crippen molar-refractivity contribution in [2.45, 2.75) is 12.8 Å². The molecule has 1 aliphatic rings. The van der Waals surface area contributed by atoms with Crippen LogP contribution in [0.25, 0.3) is 0 Å². The van der Waals surface area contributed by atoms with Crippen LogP contribution in [0.3, 0.4) is 0 Å². The summed E-state index contributed by atoms with van der Waals surface area (Å²) in [5.74, 6) is -1.84. The Kier molecular flexibility index (Phi) is 4.84. The minimum atomic E-state index is -0.892. The van der Waals surface area contributed by atoms with Gasteiger partial charge in [-0.25, -0.2) is 9.59 Å². The first-order valence-electron chi connectivity index (χ1n) is 8.17. The van der Waals surface area contributed by atoms with Gasteiger partial charge in [-0.1, -0.05) is 23.7 Å². The lowest BCUT2D eigenvalue weighted by Crippen LogP contribution is -2.43. The largest absolute Gasteiger partial charge is 0.462 e. The molecular formula is C18H18ClN3O5. The molecule has 1 aromatic carbocycles. The minimum absolute atomic E-state index is 0.0117. The molecule has 0 aliphatic carbocycles. The third-order valence-electron chi connectivity index (χ3n) is 4.37. The van der Waals surface area contributed by atoms with Crippen molar-refractivity contribution in [2.24, 2.45) is 19.8 Å². The average molecular weight is 392 g/mol. The number of hydrogen-bond acceptors (Lipinski definition) is 6. The first kappa shape index (κ1) is 18.8. The van der Waals surface area contributed by atoms with Gasteiger partial charge in [-0.05, 0) is 24.6 Å². The summed E-state index contributed by atoms with van der Waals surface area (Å²) in [7, 11) is 2.81. The number of halogens is 1. The molecule has 1 aliphatic heterocycles. The second-order valence-electron chi connectivity index (χ2n) is 6.01. The number of esters is 1. The van der Waals surface area contributed by atoms with E-state index in [4.69, 9.17) is 26.8 Å². The molecule has 9 heteroatoms. The van der Waals surface area contributed by atoms with Gasteiger partial charge in [-0.15, -0.1) is 0 Å². The van der Waals surface area contributed by atoms with Gasteiger partial charge in [0.2, 0.25) is 11.8 Å². The van der Waals surface area contributed by atoms with E-state index in [-0.39, 0.29) is 29.5 Å². The zero-order valence-corrected chi connectivity index (χ0v) is 15.7. The van der Waals surface area contributed by atoms with E-state index in [9.17, 15) is 14.4 Å². The zero-order chi connectivity index (χ0) is 19.9. The molecule has 2 aromatic rings. The first-order chi connectivity index (χ1) is 12.8. The first-order valence-corrected chi connectivity index (χ1v) is 8.55. The Morgan fingerprint density at radius 2 is 2.00 bits per heavy atom. The smallest absolute Gasteiger partial charge is 0.340 e. The van der Waals surface area contributed by atoms with Crippen LogP contribution in [-0.2, 0) is 23.6 Å². The Bertz CT molecular complexity index is 1080. The van der Waals surface area contributed by atoms with Gasteiger partial charge in [0, 0.05) is 19.1 Å². The number of rotatable bonds is 3. The van der Waals surface area contributed by atoms with E-state index in [1.165, 1.54) is 18.7 Å². The van der Waals surface area contributed by atoms with Crippen LogP contribution < -0.4 is 21.7 Å². The van der Waals surface area contributed by atoms with Crippen LogP contribution in [0.2, 0.25) is 5.02 Å². The molecule has 0 bridgehead atoms. The number of carbonyl (C=O) groups is 1. The van der Waals surface area contributed by atoms with Gasteiger partial charge < -0.3 is 15.2 Å². The molecule has 142 valence electrons. The number of fused-ring (bicyclic) bond motifs is 1. The van der Waals surface area contributed by atoms with Gasteiger partial charge in [0.15, 0.2) is 0 Å². The summed E-state index contributed by atoms with van der Waals surface area (Å²) in [6.07, 6.45) is 0. The van der Waals surface area contributed by atoms with Gasteiger partial charge in [-0.3, -0.25) is 13.9 Å². The maximum atomic E-state index is 12.9. The summed E-state index contributed by atoms with van der Waals surface area (Å²) in [5.41, 5.74) is 5.48. The summed E-state index contributed by atoms with van der Waals surface area (Å²) in [6.45, 7) is 1.78. The second-order valence-corrected chi connectivity index (χ2v) is 6.45. The Morgan fingerprint density at radius 1 is 1.30 bits per heavy atom. The quantitative estimate of drug-likeness (QED) is 0.782. The predicted octanol–water partition coefficient (Wildman–Crippen LogP) is 0.995. The average Bonchev–Trinajstić information content (AvgIpc) is 2.63. The standard InChI is InChI=1S/C18H18ClN3O5/c1-4-26-17(24)12-11(9-6-5-7-10(19)8-9)13-15(23)21(2)18(25)22(3)16(13)27-14(12)20/h5-8,11H,4,20H2,1-3H3/t11-/m1/s1. The Labute approximate surface area is 159 Å². The summed E-state index contributed by atoms with van der Waals surface area (Å²) in [5, 5.41) is 0.420. The molecule has 8 nitrogen and oxygen atoms in total. The van der Waals surface area contributed by atoms with Gasteiger partial charge in [0.1, 0.15) is 5.57 Å². The van der Waals surface area contributed by atoms with E-state index in [1.807, 2.05) is 0 Å². The number of benzene rings is 1. The number of hydrogen-bond donors (Lipinski definition) is 1. The van der Waals surface area contributed by atoms with Crippen molar-refractivity contribution >= 4 is 17.6 Å². The van der Waals surface area contributed by atoms with E-state index in [1.54, 1.807) is 31.2 Å². The molecule has 27 heavy (non-hydrogen) atoms. The maximum absolute atomic E-state index is 12.9. The van der Waals surface area contributed by atoms with E-state index in [0.29, 0.717) is 10.6 Å². The van der Waals surface area contributed by atoms with E-state index in [0.717, 1.165) is 4.57 Å². The number of ether oxygens (including phenoxy) is 2. The van der Waals surface area contributed by atoms with E-state index in [2.05, 4.69) is 0 Å². The molecule has 1 aromatic heterocycles. The molecule has 0 saturated carbocycles. The van der Waals surface area contributed by atoms with Crippen molar-refractivity contribution < 1.29 is 14.3 Å². The lowest BCUT2D eigenvalue weighted by atomic mass is 9.84. The van der Waals surface area contributed by atoms with E-state index < -0.39 is 23.1 Å². The molecule has 0 radical (unpaired) electrons. The topological polar surface area (TPSA) is 106 Å². The predicted molar refractivity (Wildman–Crippen MR) is 98.7 cm³/mol. The van der Waals surface area contributed by atoms with Crippen molar-refractivity contribution in [3.63, 3.8) is 0 Å². The van der Waals surface area contributed by atoms with Gasteiger partial charge >= 0.3 is 11.7 Å². The summed E-state index contributed by atoms with van der Waals surface area (Å²) < 4.78 is 12.7. The van der Waals surface area contributed by atoms with Crippen LogP contribution in [-0.4, -0.2) is 21.7 Å². The molecule has 0 fully saturated rings. The molecule has 0 saturated heterocycles. The minimum Gasteiger partial charge on any atom is -0.462 e. The number of aromatic nitrogens is 2. The summed E-state index contributed by atoms with van der Waals surface area (Å²) >= 11 is 6.11. The van der Waals surface area contributed by atoms with Gasteiger partial charge in [0.25, 0.3) is 5.56 Å². The fourth-order valence-corrected chi connectivity index (χ4v) is 3.31. The molecule has 0 amide bonds. The highest BCUT2D eigenvalue weighted by Gasteiger charge is 2.39. The molecule has 2 heterocycles. The molecule has 1 atom stereocenters. The van der Waals surface area contributed by atoms with Gasteiger partial charge in [0.05, 0.1) is 18.1 Å². The zero-order valence-electron chi connectivity index (χ0n) is 15.0. The summed E-state index contributed by atoms with van der Waals surface area (Å²) in [6, 6.07) is 6.69. The van der Waals surface area contributed by atoms with Crippen LogP contribution >= 0.6 is 11.6 Å². The van der Waals surface area contributed by atoms with Gasteiger partial charge in [-0.2, -0.15) is 0 Å². The third-order valence-corrected chi connectivity index (χ3v) is 4.61. The SMILES string of the molecule is CCOC(=O)C1=C(N)Oc2c(c(=O)n(C)c(=O)n2C)[C@@H]1c1cccc(Cl)c1. The Balaban J connectivity index is 2.39.